The highest BCUT2D eigenvalue weighted by Gasteiger charge is 2.13. The van der Waals surface area contributed by atoms with E-state index in [0.717, 1.165) is 29.9 Å². The highest BCUT2D eigenvalue weighted by Crippen LogP contribution is 2.23. The number of benzene rings is 1. The molecule has 1 aromatic heterocycles. The molecular formula is C16H23ClIN5. The number of aromatic nitrogens is 2. The maximum absolute atomic E-state index is 6.25. The summed E-state index contributed by atoms with van der Waals surface area (Å²) in [5, 5.41) is 0.711. The molecule has 0 radical (unpaired) electrons. The van der Waals surface area contributed by atoms with Crippen molar-refractivity contribution in [3.05, 3.63) is 29.0 Å². The minimum atomic E-state index is 0. The molecule has 1 saturated heterocycles. The quantitative estimate of drug-likeness (QED) is 0.435. The van der Waals surface area contributed by atoms with Crippen molar-refractivity contribution in [1.29, 1.82) is 0 Å². The molecule has 5 nitrogen and oxygen atoms in total. The number of hydrogen-bond donors (Lipinski definition) is 1. The Morgan fingerprint density at radius 3 is 2.61 bits per heavy atom. The van der Waals surface area contributed by atoms with Crippen LogP contribution in [0, 0.1) is 0 Å². The summed E-state index contributed by atoms with van der Waals surface area (Å²) in [6, 6.07) is 5.76. The first-order valence-electron chi connectivity index (χ1n) is 7.81. The molecule has 1 aliphatic heterocycles. The summed E-state index contributed by atoms with van der Waals surface area (Å²) in [6.45, 7) is 2.48. The zero-order valence-electron chi connectivity index (χ0n) is 13.3. The Bertz CT molecular complexity index is 689. The van der Waals surface area contributed by atoms with Crippen LogP contribution in [0.1, 0.15) is 31.5 Å². The number of imidazole rings is 1. The molecule has 3 rings (SSSR count). The number of hydrogen-bond acceptors (Lipinski definition) is 2. The summed E-state index contributed by atoms with van der Waals surface area (Å²) < 4.78 is 2.00. The minimum Gasteiger partial charge on any atom is -0.370 e. The second kappa shape index (κ2) is 8.19. The number of halogens is 2. The SMILES string of the molecule is Cn1c(CN=C(N)N2CCCCCC2)nc2cccc(Cl)c21.I. The van der Waals surface area contributed by atoms with E-state index in [1.807, 2.05) is 29.8 Å². The van der Waals surface area contributed by atoms with E-state index < -0.39 is 0 Å². The van der Waals surface area contributed by atoms with E-state index in [4.69, 9.17) is 17.3 Å². The highest BCUT2D eigenvalue weighted by molar-refractivity contribution is 14.0. The van der Waals surface area contributed by atoms with Gasteiger partial charge < -0.3 is 15.2 Å². The van der Waals surface area contributed by atoms with Crippen LogP contribution in [-0.2, 0) is 13.6 Å². The summed E-state index contributed by atoms with van der Waals surface area (Å²) in [7, 11) is 1.97. The third kappa shape index (κ3) is 4.09. The average Bonchev–Trinajstić information content (AvgIpc) is 2.69. The molecule has 0 bridgehead atoms. The Kier molecular flexibility index (Phi) is 6.52. The lowest BCUT2D eigenvalue weighted by molar-refractivity contribution is 0.428. The van der Waals surface area contributed by atoms with Gasteiger partial charge in [-0.25, -0.2) is 9.98 Å². The largest absolute Gasteiger partial charge is 0.370 e. The Hall–Kier alpha value is -1.02. The van der Waals surface area contributed by atoms with Crippen molar-refractivity contribution in [3.63, 3.8) is 0 Å². The molecule has 1 aliphatic rings. The lowest BCUT2D eigenvalue weighted by Crippen LogP contribution is -2.38. The summed E-state index contributed by atoms with van der Waals surface area (Å²) >= 11 is 6.25. The zero-order chi connectivity index (χ0) is 15.5. The van der Waals surface area contributed by atoms with Crippen molar-refractivity contribution in [2.45, 2.75) is 32.2 Å². The van der Waals surface area contributed by atoms with E-state index in [1.54, 1.807) is 0 Å². The van der Waals surface area contributed by atoms with Gasteiger partial charge in [0, 0.05) is 20.1 Å². The molecule has 0 saturated carbocycles. The van der Waals surface area contributed by atoms with Gasteiger partial charge in [0.1, 0.15) is 12.4 Å². The monoisotopic (exact) mass is 447 g/mol. The summed E-state index contributed by atoms with van der Waals surface area (Å²) in [4.78, 5) is 11.3. The van der Waals surface area contributed by atoms with Crippen molar-refractivity contribution in [2.24, 2.45) is 17.8 Å². The van der Waals surface area contributed by atoms with Crippen LogP contribution in [0.4, 0.5) is 0 Å². The number of aryl methyl sites for hydroxylation is 1. The van der Waals surface area contributed by atoms with Crippen molar-refractivity contribution in [3.8, 4) is 0 Å². The Morgan fingerprint density at radius 1 is 1.26 bits per heavy atom. The van der Waals surface area contributed by atoms with Crippen molar-refractivity contribution in [2.75, 3.05) is 13.1 Å². The van der Waals surface area contributed by atoms with Crippen molar-refractivity contribution >= 4 is 52.6 Å². The Morgan fingerprint density at radius 2 is 1.96 bits per heavy atom. The normalized spacial score (nSPS) is 16.3. The van der Waals surface area contributed by atoms with E-state index in [-0.39, 0.29) is 24.0 Å². The number of likely N-dealkylation sites (tertiary alicyclic amines) is 1. The summed E-state index contributed by atoms with van der Waals surface area (Å²) in [6.07, 6.45) is 4.95. The molecule has 1 fully saturated rings. The third-order valence-corrected chi connectivity index (χ3v) is 4.56. The van der Waals surface area contributed by atoms with Gasteiger partial charge >= 0.3 is 0 Å². The van der Waals surface area contributed by atoms with Crippen LogP contribution in [0.5, 0.6) is 0 Å². The van der Waals surface area contributed by atoms with Crippen LogP contribution in [0.2, 0.25) is 5.02 Å². The van der Waals surface area contributed by atoms with Crippen LogP contribution < -0.4 is 5.73 Å². The number of para-hydroxylation sites is 1. The molecular weight excluding hydrogens is 425 g/mol. The predicted octanol–water partition coefficient (Wildman–Crippen LogP) is 3.54. The highest BCUT2D eigenvalue weighted by atomic mass is 127. The fraction of sp³-hybridized carbons (Fsp3) is 0.500. The van der Waals surface area contributed by atoms with Crippen LogP contribution in [-0.4, -0.2) is 33.5 Å². The lowest BCUT2D eigenvalue weighted by Gasteiger charge is -2.20. The molecule has 7 heteroatoms. The van der Waals surface area contributed by atoms with Crippen LogP contribution in [0.3, 0.4) is 0 Å². The van der Waals surface area contributed by atoms with Gasteiger partial charge in [0.15, 0.2) is 5.96 Å². The zero-order valence-corrected chi connectivity index (χ0v) is 16.4. The maximum Gasteiger partial charge on any atom is 0.191 e. The first kappa shape index (κ1) is 18.3. The van der Waals surface area contributed by atoms with Gasteiger partial charge in [0.05, 0.1) is 16.1 Å². The number of fused-ring (bicyclic) bond motifs is 1. The molecule has 126 valence electrons. The van der Waals surface area contributed by atoms with Gasteiger partial charge in [-0.3, -0.25) is 0 Å². The van der Waals surface area contributed by atoms with E-state index in [2.05, 4.69) is 14.9 Å². The van der Waals surface area contributed by atoms with Gasteiger partial charge in [0.2, 0.25) is 0 Å². The number of nitrogens with two attached hydrogens (primary N) is 1. The summed E-state index contributed by atoms with van der Waals surface area (Å²) in [5.41, 5.74) is 8.00. The van der Waals surface area contributed by atoms with Gasteiger partial charge in [-0.1, -0.05) is 30.5 Å². The number of rotatable bonds is 2. The number of guanidine groups is 1. The van der Waals surface area contributed by atoms with Crippen LogP contribution >= 0.6 is 35.6 Å². The molecule has 2 aromatic rings. The number of aliphatic imine (C=N–C) groups is 1. The first-order chi connectivity index (χ1) is 10.7. The summed E-state index contributed by atoms with van der Waals surface area (Å²) in [5.74, 6) is 1.50. The smallest absolute Gasteiger partial charge is 0.191 e. The van der Waals surface area contributed by atoms with Crippen molar-refractivity contribution in [1.82, 2.24) is 14.5 Å². The molecule has 23 heavy (non-hydrogen) atoms. The van der Waals surface area contributed by atoms with Gasteiger partial charge in [0.25, 0.3) is 0 Å². The molecule has 0 spiro atoms. The predicted molar refractivity (Wildman–Crippen MR) is 107 cm³/mol. The number of nitrogens with zero attached hydrogens (tertiary/aromatic N) is 4. The van der Waals surface area contributed by atoms with E-state index >= 15 is 0 Å². The van der Waals surface area contributed by atoms with Gasteiger partial charge in [-0.05, 0) is 25.0 Å². The Labute approximate surface area is 158 Å². The maximum atomic E-state index is 6.25. The lowest BCUT2D eigenvalue weighted by atomic mass is 10.2. The fourth-order valence-corrected chi connectivity index (χ4v) is 3.26. The fourth-order valence-electron chi connectivity index (χ4n) is 2.96. The third-order valence-electron chi connectivity index (χ3n) is 4.25. The second-order valence-corrected chi connectivity index (χ2v) is 6.18. The second-order valence-electron chi connectivity index (χ2n) is 5.77. The molecule has 0 unspecified atom stereocenters. The van der Waals surface area contributed by atoms with Crippen molar-refractivity contribution < 1.29 is 0 Å². The van der Waals surface area contributed by atoms with E-state index in [9.17, 15) is 0 Å². The first-order valence-corrected chi connectivity index (χ1v) is 8.19. The van der Waals surface area contributed by atoms with Gasteiger partial charge in [-0.15, -0.1) is 24.0 Å². The molecule has 1 aromatic carbocycles. The van der Waals surface area contributed by atoms with E-state index in [1.165, 1.54) is 25.7 Å². The van der Waals surface area contributed by atoms with Gasteiger partial charge in [-0.2, -0.15) is 0 Å². The minimum absolute atomic E-state index is 0. The van der Waals surface area contributed by atoms with E-state index in [0.29, 0.717) is 17.5 Å². The molecule has 2 N–H and O–H groups in total. The standard InChI is InChI=1S/C16H22ClN5.HI/c1-21-14(20-13-8-6-7-12(17)15(13)21)11-19-16(18)22-9-4-2-3-5-10-22;/h6-8H,2-5,9-11H2,1H3,(H2,18,19);1H. The molecule has 0 aliphatic carbocycles. The molecule has 0 amide bonds. The average molecular weight is 448 g/mol. The van der Waals surface area contributed by atoms with Crippen LogP contribution in [0.15, 0.2) is 23.2 Å². The topological polar surface area (TPSA) is 59.4 Å². The molecule has 0 atom stereocenters. The molecule has 2 heterocycles. The van der Waals surface area contributed by atoms with Crippen LogP contribution in [0.25, 0.3) is 11.0 Å². The Balaban J connectivity index is 0.00000192.